The topological polar surface area (TPSA) is 105 Å². The number of benzene rings is 2. The Kier molecular flexibility index (Phi) is 3.94. The van der Waals surface area contributed by atoms with Gasteiger partial charge in [0.05, 0.1) is 5.69 Å². The number of nitrogens with zero attached hydrogens (tertiary/aromatic N) is 7. The van der Waals surface area contributed by atoms with E-state index in [-0.39, 0.29) is 29.3 Å². The van der Waals surface area contributed by atoms with Crippen LogP contribution >= 0.6 is 0 Å². The summed E-state index contributed by atoms with van der Waals surface area (Å²) in [6.45, 7) is 0.0220. The van der Waals surface area contributed by atoms with E-state index in [0.29, 0.717) is 17.0 Å². The van der Waals surface area contributed by atoms with Crippen molar-refractivity contribution in [1.29, 1.82) is 0 Å². The summed E-state index contributed by atoms with van der Waals surface area (Å²) in [6.07, 6.45) is 1.38. The zero-order valence-electron chi connectivity index (χ0n) is 14.8. The molecule has 0 bridgehead atoms. The fourth-order valence-corrected chi connectivity index (χ4v) is 2.88. The summed E-state index contributed by atoms with van der Waals surface area (Å²) in [5.74, 6) is 0.159. The summed E-state index contributed by atoms with van der Waals surface area (Å²) in [4.78, 5) is 21.3. The maximum atomic E-state index is 13.1. The van der Waals surface area contributed by atoms with E-state index in [1.54, 1.807) is 12.1 Å². The molecule has 2 aromatic carbocycles. The lowest BCUT2D eigenvalue weighted by Gasteiger charge is -2.02. The first-order valence-corrected chi connectivity index (χ1v) is 8.64. The Bertz CT molecular complexity index is 1360. The van der Waals surface area contributed by atoms with Crippen molar-refractivity contribution in [2.75, 3.05) is 0 Å². The quantitative estimate of drug-likeness (QED) is 0.464. The van der Waals surface area contributed by atoms with Gasteiger partial charge in [0.2, 0.25) is 11.7 Å². The predicted octanol–water partition coefficient (Wildman–Crippen LogP) is 2.21. The molecule has 0 aliphatic carbocycles. The predicted molar refractivity (Wildman–Crippen MR) is 99.7 cm³/mol. The van der Waals surface area contributed by atoms with Gasteiger partial charge in [-0.15, -0.1) is 5.10 Å². The van der Waals surface area contributed by atoms with Gasteiger partial charge in [0, 0.05) is 5.56 Å². The van der Waals surface area contributed by atoms with Crippen LogP contribution < -0.4 is 5.56 Å². The van der Waals surface area contributed by atoms with E-state index in [0.717, 1.165) is 5.69 Å². The zero-order chi connectivity index (χ0) is 19.8. The van der Waals surface area contributed by atoms with Gasteiger partial charge in [-0.25, -0.2) is 9.37 Å². The number of aromatic nitrogens is 7. The van der Waals surface area contributed by atoms with Gasteiger partial charge in [0.25, 0.3) is 5.56 Å². The second kappa shape index (κ2) is 6.75. The number of hydrogen-bond acceptors (Lipinski definition) is 7. The molecule has 0 radical (unpaired) electrons. The first-order chi connectivity index (χ1) is 14.2. The molecule has 0 saturated carbocycles. The van der Waals surface area contributed by atoms with Gasteiger partial charge < -0.3 is 4.52 Å². The Hall–Kier alpha value is -4.21. The van der Waals surface area contributed by atoms with Crippen LogP contribution in [0.5, 0.6) is 0 Å². The van der Waals surface area contributed by atoms with Crippen LogP contribution in [0.3, 0.4) is 0 Å². The number of halogens is 1. The molecule has 3 heterocycles. The summed E-state index contributed by atoms with van der Waals surface area (Å²) < 4.78 is 21.1. The minimum atomic E-state index is -0.376. The number of hydrogen-bond donors (Lipinski definition) is 0. The van der Waals surface area contributed by atoms with E-state index in [1.165, 1.54) is 27.7 Å². The highest BCUT2D eigenvalue weighted by Gasteiger charge is 2.15. The van der Waals surface area contributed by atoms with Gasteiger partial charge in [0.15, 0.2) is 11.2 Å². The van der Waals surface area contributed by atoms with Crippen LogP contribution in [0.15, 0.2) is 70.2 Å². The summed E-state index contributed by atoms with van der Waals surface area (Å²) in [5.41, 5.74) is 1.47. The summed E-state index contributed by atoms with van der Waals surface area (Å²) in [7, 11) is 0. The third-order valence-corrected chi connectivity index (χ3v) is 4.31. The normalized spacial score (nSPS) is 11.2. The van der Waals surface area contributed by atoms with Crippen molar-refractivity contribution in [2.45, 2.75) is 6.54 Å². The summed E-state index contributed by atoms with van der Waals surface area (Å²) in [6, 6.07) is 15.0. The standard InChI is InChI=1S/C19H12FN7O2/c20-13-8-6-12(7-9-13)17-22-15(29-24-17)10-26-11-21-18-16(19(26)28)23-25-27(18)14-4-2-1-3-5-14/h1-9,11H,10H2. The van der Waals surface area contributed by atoms with E-state index in [2.05, 4.69) is 25.4 Å². The van der Waals surface area contributed by atoms with Crippen molar-refractivity contribution >= 4 is 11.2 Å². The van der Waals surface area contributed by atoms with Gasteiger partial charge in [-0.3, -0.25) is 9.36 Å². The molecule has 0 amide bonds. The summed E-state index contributed by atoms with van der Waals surface area (Å²) in [5, 5.41) is 11.9. The number of fused-ring (bicyclic) bond motifs is 1. The SMILES string of the molecule is O=c1c2nnn(-c3ccccc3)c2ncn1Cc1nc(-c2ccc(F)cc2)no1. The fourth-order valence-electron chi connectivity index (χ4n) is 2.88. The first kappa shape index (κ1) is 16.9. The molecule has 9 nitrogen and oxygen atoms in total. The first-order valence-electron chi connectivity index (χ1n) is 8.64. The van der Waals surface area contributed by atoms with Gasteiger partial charge in [-0.2, -0.15) is 9.67 Å². The van der Waals surface area contributed by atoms with Gasteiger partial charge in [-0.1, -0.05) is 28.6 Å². The average molecular weight is 389 g/mol. The molecule has 0 unspecified atom stereocenters. The van der Waals surface area contributed by atoms with E-state index in [1.807, 2.05) is 30.3 Å². The van der Waals surface area contributed by atoms with Gasteiger partial charge in [0.1, 0.15) is 18.7 Å². The van der Waals surface area contributed by atoms with Gasteiger partial charge >= 0.3 is 0 Å². The van der Waals surface area contributed by atoms with Crippen molar-refractivity contribution in [3.05, 3.63) is 83.0 Å². The lowest BCUT2D eigenvalue weighted by atomic mass is 10.2. The van der Waals surface area contributed by atoms with E-state index in [9.17, 15) is 9.18 Å². The number of rotatable bonds is 4. The van der Waals surface area contributed by atoms with Crippen molar-refractivity contribution in [1.82, 2.24) is 34.7 Å². The zero-order valence-corrected chi connectivity index (χ0v) is 14.8. The molecule has 29 heavy (non-hydrogen) atoms. The van der Waals surface area contributed by atoms with Crippen molar-refractivity contribution in [3.63, 3.8) is 0 Å². The molecule has 142 valence electrons. The van der Waals surface area contributed by atoms with E-state index < -0.39 is 0 Å². The lowest BCUT2D eigenvalue weighted by Crippen LogP contribution is -2.21. The Morgan fingerprint density at radius 2 is 1.83 bits per heavy atom. The smallest absolute Gasteiger partial charge is 0.284 e. The molecule has 10 heteroatoms. The molecular formula is C19H12FN7O2. The van der Waals surface area contributed by atoms with Crippen LogP contribution in [0, 0.1) is 5.82 Å². The van der Waals surface area contributed by atoms with E-state index >= 15 is 0 Å². The van der Waals surface area contributed by atoms with Crippen molar-refractivity contribution in [2.24, 2.45) is 0 Å². The minimum absolute atomic E-state index is 0.0220. The van der Waals surface area contributed by atoms with Crippen LogP contribution in [-0.4, -0.2) is 34.7 Å². The molecule has 5 rings (SSSR count). The monoisotopic (exact) mass is 389 g/mol. The van der Waals surface area contributed by atoms with Crippen LogP contribution in [0.25, 0.3) is 28.2 Å². The minimum Gasteiger partial charge on any atom is -0.337 e. The van der Waals surface area contributed by atoms with Crippen molar-refractivity contribution in [3.8, 4) is 17.1 Å². The van der Waals surface area contributed by atoms with E-state index in [4.69, 9.17) is 4.52 Å². The van der Waals surface area contributed by atoms with Crippen LogP contribution in [0.4, 0.5) is 4.39 Å². The Balaban J connectivity index is 1.47. The maximum Gasteiger partial charge on any atom is 0.284 e. The highest BCUT2D eigenvalue weighted by atomic mass is 19.1. The second-order valence-electron chi connectivity index (χ2n) is 6.21. The average Bonchev–Trinajstić information content (AvgIpc) is 3.39. The maximum absolute atomic E-state index is 13.1. The van der Waals surface area contributed by atoms with Gasteiger partial charge in [-0.05, 0) is 36.4 Å². The van der Waals surface area contributed by atoms with Crippen LogP contribution in [0.1, 0.15) is 5.89 Å². The molecule has 0 saturated heterocycles. The Morgan fingerprint density at radius 3 is 2.62 bits per heavy atom. The molecule has 0 N–H and O–H groups in total. The van der Waals surface area contributed by atoms with Crippen molar-refractivity contribution < 1.29 is 8.91 Å². The lowest BCUT2D eigenvalue weighted by molar-refractivity contribution is 0.369. The largest absolute Gasteiger partial charge is 0.337 e. The molecule has 0 atom stereocenters. The Morgan fingerprint density at radius 1 is 1.03 bits per heavy atom. The molecule has 3 aromatic heterocycles. The second-order valence-corrected chi connectivity index (χ2v) is 6.21. The highest BCUT2D eigenvalue weighted by Crippen LogP contribution is 2.16. The third kappa shape index (κ3) is 3.06. The third-order valence-electron chi connectivity index (χ3n) is 4.31. The molecule has 0 spiro atoms. The van der Waals surface area contributed by atoms with Crippen LogP contribution in [-0.2, 0) is 6.54 Å². The molecule has 0 aliphatic heterocycles. The fraction of sp³-hybridized carbons (Fsp3) is 0.0526. The summed E-state index contributed by atoms with van der Waals surface area (Å²) >= 11 is 0. The Labute approximate surface area is 162 Å². The number of para-hydroxylation sites is 1. The molecular weight excluding hydrogens is 377 g/mol. The molecule has 0 aliphatic rings. The van der Waals surface area contributed by atoms with Crippen LogP contribution in [0.2, 0.25) is 0 Å². The molecule has 5 aromatic rings. The highest BCUT2D eigenvalue weighted by molar-refractivity contribution is 5.70. The molecule has 0 fully saturated rings.